The number of amides is 1. The van der Waals surface area contributed by atoms with Crippen LogP contribution in [0.1, 0.15) is 28.8 Å². The van der Waals surface area contributed by atoms with Gasteiger partial charge in [-0.2, -0.15) is 0 Å². The fourth-order valence-corrected chi connectivity index (χ4v) is 4.50. The predicted molar refractivity (Wildman–Crippen MR) is 127 cm³/mol. The molecule has 9 heteroatoms. The van der Waals surface area contributed by atoms with Crippen LogP contribution in [0.2, 0.25) is 0 Å². The van der Waals surface area contributed by atoms with Gasteiger partial charge in [0.1, 0.15) is 12.8 Å². The number of nitrogens with zero attached hydrogens (tertiary/aromatic N) is 5. The van der Waals surface area contributed by atoms with Crippen LogP contribution in [0.4, 0.5) is 5.82 Å². The summed E-state index contributed by atoms with van der Waals surface area (Å²) in [6.07, 6.45) is 3.61. The molecule has 0 aliphatic carbocycles. The number of nitro groups is 1. The van der Waals surface area contributed by atoms with Crippen LogP contribution in [0.3, 0.4) is 0 Å². The van der Waals surface area contributed by atoms with Crippen LogP contribution in [0, 0.1) is 10.1 Å². The Bertz CT molecular complexity index is 1170. The summed E-state index contributed by atoms with van der Waals surface area (Å²) < 4.78 is 7.34. The molecule has 1 aromatic heterocycles. The molecule has 1 fully saturated rings. The monoisotopic (exact) mass is 461 g/mol. The van der Waals surface area contributed by atoms with Gasteiger partial charge >= 0.3 is 11.8 Å². The zero-order chi connectivity index (χ0) is 23.5. The first-order chi connectivity index (χ1) is 16.6. The highest BCUT2D eigenvalue weighted by molar-refractivity contribution is 5.94. The SMILES string of the molecule is O=C(c1ccc(-c2ccc(CN3CCOc4nc([N+](=O)[O-])cn4CC3)cc2)cc1)N1CCCC1. The summed E-state index contributed by atoms with van der Waals surface area (Å²) in [7, 11) is 0. The average molecular weight is 462 g/mol. The molecule has 1 saturated heterocycles. The van der Waals surface area contributed by atoms with Gasteiger partial charge in [0.15, 0.2) is 0 Å². The molecule has 34 heavy (non-hydrogen) atoms. The number of fused-ring (bicyclic) bond motifs is 1. The van der Waals surface area contributed by atoms with Crippen molar-refractivity contribution in [3.05, 3.63) is 76.0 Å². The molecule has 0 atom stereocenters. The standard InChI is InChI=1S/C25H27N5O4/c31-24(28-11-1-2-12-28)22-9-7-21(8-10-22)20-5-3-19(4-6-20)17-27-13-14-29-18-23(30(32)33)26-25(29)34-16-15-27/h3-10,18H,1-2,11-17H2. The van der Waals surface area contributed by atoms with Crippen LogP contribution < -0.4 is 4.74 Å². The van der Waals surface area contributed by atoms with Crippen molar-refractivity contribution in [1.82, 2.24) is 19.4 Å². The Labute approximate surface area is 197 Å². The number of ether oxygens (including phenoxy) is 1. The van der Waals surface area contributed by atoms with Gasteiger partial charge in [-0.15, -0.1) is 0 Å². The molecule has 0 radical (unpaired) electrons. The van der Waals surface area contributed by atoms with Gasteiger partial charge in [-0.05, 0) is 46.6 Å². The van der Waals surface area contributed by atoms with E-state index in [0.29, 0.717) is 19.2 Å². The summed E-state index contributed by atoms with van der Waals surface area (Å²) in [5.74, 6) is -0.0680. The normalized spacial score (nSPS) is 16.4. The molecule has 0 bridgehead atoms. The van der Waals surface area contributed by atoms with Crippen molar-refractivity contribution < 1.29 is 14.5 Å². The average Bonchev–Trinajstić information content (AvgIpc) is 3.52. The van der Waals surface area contributed by atoms with Crippen molar-refractivity contribution in [3.8, 4) is 17.1 Å². The lowest BCUT2D eigenvalue weighted by Gasteiger charge is -2.24. The molecule has 2 aliphatic rings. The first-order valence-corrected chi connectivity index (χ1v) is 11.6. The molecular formula is C25H27N5O4. The number of likely N-dealkylation sites (tertiary alicyclic amines) is 1. The lowest BCUT2D eigenvalue weighted by atomic mass is 10.0. The Morgan fingerprint density at radius 1 is 0.941 bits per heavy atom. The van der Waals surface area contributed by atoms with Gasteiger partial charge in [-0.25, -0.2) is 0 Å². The summed E-state index contributed by atoms with van der Waals surface area (Å²) in [5.41, 5.74) is 4.11. The van der Waals surface area contributed by atoms with Crippen molar-refractivity contribution >= 4 is 11.7 Å². The molecule has 176 valence electrons. The molecule has 0 spiro atoms. The van der Waals surface area contributed by atoms with E-state index in [0.717, 1.165) is 62.3 Å². The Balaban J connectivity index is 1.20. The van der Waals surface area contributed by atoms with Gasteiger partial charge in [-0.1, -0.05) is 36.4 Å². The number of benzene rings is 2. The van der Waals surface area contributed by atoms with E-state index in [-0.39, 0.29) is 11.7 Å². The molecule has 2 aliphatic heterocycles. The van der Waals surface area contributed by atoms with Gasteiger partial charge in [-0.3, -0.25) is 14.3 Å². The third-order valence-electron chi connectivity index (χ3n) is 6.43. The summed E-state index contributed by atoms with van der Waals surface area (Å²) >= 11 is 0. The van der Waals surface area contributed by atoms with Crippen molar-refractivity contribution in [2.45, 2.75) is 25.9 Å². The number of aromatic nitrogens is 2. The molecule has 0 N–H and O–H groups in total. The zero-order valence-electron chi connectivity index (χ0n) is 18.9. The number of rotatable bonds is 5. The Morgan fingerprint density at radius 3 is 2.29 bits per heavy atom. The molecule has 2 aromatic carbocycles. The van der Waals surface area contributed by atoms with Crippen molar-refractivity contribution in [1.29, 1.82) is 0 Å². The number of imidazole rings is 1. The van der Waals surface area contributed by atoms with E-state index in [2.05, 4.69) is 34.1 Å². The van der Waals surface area contributed by atoms with Crippen LogP contribution in [0.5, 0.6) is 6.01 Å². The Kier molecular flexibility index (Phi) is 6.27. The minimum absolute atomic E-state index is 0.119. The first-order valence-electron chi connectivity index (χ1n) is 11.6. The van der Waals surface area contributed by atoms with E-state index < -0.39 is 4.92 Å². The molecule has 9 nitrogen and oxygen atoms in total. The third kappa shape index (κ3) is 4.79. The highest BCUT2D eigenvalue weighted by Gasteiger charge is 2.23. The maximum atomic E-state index is 12.6. The van der Waals surface area contributed by atoms with Gasteiger partial charge in [0.25, 0.3) is 5.91 Å². The van der Waals surface area contributed by atoms with Crippen LogP contribution in [-0.2, 0) is 13.1 Å². The van der Waals surface area contributed by atoms with E-state index in [1.807, 2.05) is 29.2 Å². The summed E-state index contributed by atoms with van der Waals surface area (Å²) in [4.78, 5) is 31.2. The number of carbonyl (C=O) groups is 1. The number of carbonyl (C=O) groups excluding carboxylic acids is 1. The van der Waals surface area contributed by atoms with Crippen molar-refractivity contribution in [2.24, 2.45) is 0 Å². The molecule has 0 saturated carbocycles. The van der Waals surface area contributed by atoms with E-state index in [9.17, 15) is 14.9 Å². The zero-order valence-corrected chi connectivity index (χ0v) is 18.9. The second-order valence-electron chi connectivity index (χ2n) is 8.73. The molecule has 3 aromatic rings. The maximum absolute atomic E-state index is 12.6. The lowest BCUT2D eigenvalue weighted by Crippen LogP contribution is -2.33. The van der Waals surface area contributed by atoms with E-state index in [1.54, 1.807) is 4.57 Å². The van der Waals surface area contributed by atoms with Gasteiger partial charge in [0.05, 0.1) is 0 Å². The van der Waals surface area contributed by atoms with Crippen LogP contribution in [0.25, 0.3) is 11.1 Å². The highest BCUT2D eigenvalue weighted by Crippen LogP contribution is 2.23. The van der Waals surface area contributed by atoms with Gasteiger partial charge in [0, 0.05) is 49.8 Å². The number of hydrogen-bond donors (Lipinski definition) is 0. The van der Waals surface area contributed by atoms with E-state index in [4.69, 9.17) is 4.74 Å². The van der Waals surface area contributed by atoms with Gasteiger partial charge in [0.2, 0.25) is 0 Å². The molecule has 0 unspecified atom stereocenters. The quantitative estimate of drug-likeness (QED) is 0.426. The Morgan fingerprint density at radius 2 is 1.62 bits per heavy atom. The predicted octanol–water partition coefficient (Wildman–Crippen LogP) is 3.59. The third-order valence-corrected chi connectivity index (χ3v) is 6.43. The van der Waals surface area contributed by atoms with E-state index >= 15 is 0 Å². The van der Waals surface area contributed by atoms with Crippen LogP contribution in [0.15, 0.2) is 54.7 Å². The molecule has 5 rings (SSSR count). The second kappa shape index (κ2) is 9.64. The fourth-order valence-electron chi connectivity index (χ4n) is 4.50. The van der Waals surface area contributed by atoms with Crippen LogP contribution >= 0.6 is 0 Å². The smallest absolute Gasteiger partial charge is 0.414 e. The summed E-state index contributed by atoms with van der Waals surface area (Å²) in [6.45, 7) is 4.95. The minimum atomic E-state index is -0.500. The fraction of sp³-hybridized carbons (Fsp3) is 0.360. The van der Waals surface area contributed by atoms with Crippen molar-refractivity contribution in [2.75, 3.05) is 32.8 Å². The molecular weight excluding hydrogens is 434 g/mol. The minimum Gasteiger partial charge on any atom is -0.444 e. The maximum Gasteiger partial charge on any atom is 0.414 e. The van der Waals surface area contributed by atoms with Crippen molar-refractivity contribution in [3.63, 3.8) is 0 Å². The highest BCUT2D eigenvalue weighted by atomic mass is 16.6. The number of hydrogen-bond acceptors (Lipinski definition) is 6. The molecule has 3 heterocycles. The van der Waals surface area contributed by atoms with Crippen LogP contribution in [-0.4, -0.2) is 63.0 Å². The topological polar surface area (TPSA) is 93.7 Å². The summed E-state index contributed by atoms with van der Waals surface area (Å²) in [6, 6.07) is 16.6. The second-order valence-corrected chi connectivity index (χ2v) is 8.73. The Hall–Kier alpha value is -3.72. The van der Waals surface area contributed by atoms with E-state index in [1.165, 1.54) is 11.8 Å². The molecule has 1 amide bonds. The van der Waals surface area contributed by atoms with Gasteiger partial charge < -0.3 is 19.8 Å². The summed E-state index contributed by atoms with van der Waals surface area (Å²) in [5, 5.41) is 11.0. The largest absolute Gasteiger partial charge is 0.444 e. The first kappa shape index (κ1) is 22.1. The lowest BCUT2D eigenvalue weighted by molar-refractivity contribution is -0.389.